The Hall–Kier alpha value is -3.99. The number of pyridine rings is 1. The fourth-order valence-corrected chi connectivity index (χ4v) is 5.03. The SMILES string of the molecule is CC(C)CC(C(=O)N[C@@H](CC(=O)OF)c1ccc(-c2ccc(F)cc2)cc1)n1cc(CCN2CC(F)C2)cc(F)c1=O. The van der Waals surface area contributed by atoms with Gasteiger partial charge in [-0.2, -0.15) is 0 Å². The van der Waals surface area contributed by atoms with Crippen molar-refractivity contribution in [2.45, 2.75) is 51.4 Å². The fraction of sp³-hybridized carbons (Fsp3) is 0.387. The molecule has 0 saturated carbocycles. The lowest BCUT2D eigenvalue weighted by atomic mass is 9.97. The Kier molecular flexibility index (Phi) is 10.2. The van der Waals surface area contributed by atoms with Gasteiger partial charge in [0.05, 0.1) is 12.5 Å². The van der Waals surface area contributed by atoms with E-state index < -0.39 is 47.9 Å². The highest BCUT2D eigenvalue weighted by Gasteiger charge is 2.29. The normalized spacial score (nSPS) is 15.2. The molecule has 0 radical (unpaired) electrons. The van der Waals surface area contributed by atoms with Crippen LogP contribution in [0.4, 0.5) is 17.7 Å². The highest BCUT2D eigenvalue weighted by atomic mass is 19.3. The number of halogens is 4. The molecule has 1 aliphatic heterocycles. The largest absolute Gasteiger partial charge is 0.351 e. The fourth-order valence-electron chi connectivity index (χ4n) is 5.03. The van der Waals surface area contributed by atoms with Crippen LogP contribution in [0.2, 0.25) is 0 Å². The molecule has 1 aromatic heterocycles. The summed E-state index contributed by atoms with van der Waals surface area (Å²) < 4.78 is 55.0. The number of amides is 1. The van der Waals surface area contributed by atoms with Crippen molar-refractivity contribution in [3.8, 4) is 11.1 Å². The van der Waals surface area contributed by atoms with E-state index in [2.05, 4.69) is 10.3 Å². The number of hydrogen-bond acceptors (Lipinski definition) is 5. The molecular weight excluding hydrogens is 554 g/mol. The zero-order valence-electron chi connectivity index (χ0n) is 23.4. The van der Waals surface area contributed by atoms with E-state index in [1.165, 1.54) is 18.3 Å². The first-order chi connectivity index (χ1) is 20.0. The third-order valence-electron chi connectivity index (χ3n) is 7.28. The predicted octanol–water partition coefficient (Wildman–Crippen LogP) is 5.25. The molecule has 1 N–H and O–H groups in total. The number of carbonyl (C=O) groups is 2. The molecule has 2 heterocycles. The van der Waals surface area contributed by atoms with Crippen molar-refractivity contribution in [3.05, 3.63) is 93.9 Å². The van der Waals surface area contributed by atoms with Gasteiger partial charge in [0.25, 0.3) is 5.56 Å². The van der Waals surface area contributed by atoms with Crippen molar-refractivity contribution in [1.82, 2.24) is 14.8 Å². The maximum absolute atomic E-state index is 14.8. The molecular formula is C31H33F4N3O4. The van der Waals surface area contributed by atoms with E-state index in [1.807, 2.05) is 18.7 Å². The lowest BCUT2D eigenvalue weighted by molar-refractivity contribution is -0.184. The summed E-state index contributed by atoms with van der Waals surface area (Å²) in [4.78, 5) is 43.7. The number of benzene rings is 2. The molecule has 3 aromatic rings. The first-order valence-electron chi connectivity index (χ1n) is 13.8. The molecule has 0 bridgehead atoms. The van der Waals surface area contributed by atoms with Gasteiger partial charge in [-0.05, 0) is 59.2 Å². The van der Waals surface area contributed by atoms with E-state index in [1.54, 1.807) is 36.4 Å². The van der Waals surface area contributed by atoms with Gasteiger partial charge >= 0.3 is 5.97 Å². The van der Waals surface area contributed by atoms with E-state index >= 15 is 0 Å². The topological polar surface area (TPSA) is 80.6 Å². The van der Waals surface area contributed by atoms with Crippen molar-refractivity contribution in [2.75, 3.05) is 19.6 Å². The Balaban J connectivity index is 1.59. The van der Waals surface area contributed by atoms with Crippen LogP contribution in [0.3, 0.4) is 0 Å². The van der Waals surface area contributed by atoms with Crippen LogP contribution in [0.15, 0.2) is 65.6 Å². The molecule has 7 nitrogen and oxygen atoms in total. The number of nitrogens with zero attached hydrogens (tertiary/aromatic N) is 2. The highest BCUT2D eigenvalue weighted by molar-refractivity contribution is 5.82. The Morgan fingerprint density at radius 1 is 1.02 bits per heavy atom. The molecule has 1 aliphatic rings. The van der Waals surface area contributed by atoms with Crippen molar-refractivity contribution >= 4 is 11.9 Å². The van der Waals surface area contributed by atoms with Gasteiger partial charge in [0, 0.05) is 30.4 Å². The summed E-state index contributed by atoms with van der Waals surface area (Å²) in [6.45, 7) is 4.76. The molecule has 224 valence electrons. The van der Waals surface area contributed by atoms with Crippen LogP contribution in [0, 0.1) is 17.6 Å². The summed E-state index contributed by atoms with van der Waals surface area (Å²) in [7, 11) is 0. The van der Waals surface area contributed by atoms with Crippen LogP contribution >= 0.6 is 0 Å². The third kappa shape index (κ3) is 7.84. The average Bonchev–Trinajstić information content (AvgIpc) is 2.95. The maximum atomic E-state index is 14.8. The van der Waals surface area contributed by atoms with Crippen molar-refractivity contribution in [2.24, 2.45) is 5.92 Å². The van der Waals surface area contributed by atoms with Gasteiger partial charge in [0.2, 0.25) is 5.91 Å². The molecule has 1 amide bonds. The molecule has 1 fully saturated rings. The number of hydrogen-bond donors (Lipinski definition) is 1. The average molecular weight is 588 g/mol. The van der Waals surface area contributed by atoms with Crippen LogP contribution in [-0.2, 0) is 21.0 Å². The maximum Gasteiger partial charge on any atom is 0.351 e. The number of nitrogens with one attached hydrogen (secondary N) is 1. The number of alkyl halides is 1. The summed E-state index contributed by atoms with van der Waals surface area (Å²) >= 11 is 0. The third-order valence-corrected chi connectivity index (χ3v) is 7.28. The number of rotatable bonds is 12. The second kappa shape index (κ2) is 13.8. The van der Waals surface area contributed by atoms with Gasteiger partial charge in [-0.15, -0.1) is 0 Å². The van der Waals surface area contributed by atoms with Crippen LogP contribution in [0.1, 0.15) is 49.9 Å². The van der Waals surface area contributed by atoms with E-state index in [0.717, 1.165) is 21.8 Å². The van der Waals surface area contributed by atoms with E-state index in [-0.39, 0.29) is 18.2 Å². The zero-order valence-corrected chi connectivity index (χ0v) is 23.4. The minimum Gasteiger partial charge on any atom is -0.347 e. The van der Waals surface area contributed by atoms with Gasteiger partial charge in [-0.3, -0.25) is 19.4 Å². The second-order valence-corrected chi connectivity index (χ2v) is 11.0. The van der Waals surface area contributed by atoms with Gasteiger partial charge in [-0.25, -0.2) is 18.0 Å². The molecule has 2 aromatic carbocycles. The smallest absolute Gasteiger partial charge is 0.347 e. The number of carbonyl (C=O) groups excluding carboxylic acids is 2. The van der Waals surface area contributed by atoms with Crippen molar-refractivity contribution < 1.29 is 32.2 Å². The van der Waals surface area contributed by atoms with Crippen molar-refractivity contribution in [3.63, 3.8) is 0 Å². The first-order valence-corrected chi connectivity index (χ1v) is 13.8. The van der Waals surface area contributed by atoms with E-state index in [9.17, 15) is 32.1 Å². The molecule has 11 heteroatoms. The summed E-state index contributed by atoms with van der Waals surface area (Å²) in [5.41, 5.74) is 1.44. The summed E-state index contributed by atoms with van der Waals surface area (Å²) in [5.74, 6) is -3.35. The molecule has 1 unspecified atom stereocenters. The zero-order chi connectivity index (χ0) is 30.4. The minimum absolute atomic E-state index is 0.0776. The first kappa shape index (κ1) is 31.0. The van der Waals surface area contributed by atoms with E-state index in [4.69, 9.17) is 0 Å². The quantitative estimate of drug-likeness (QED) is 0.293. The van der Waals surface area contributed by atoms with Gasteiger partial charge < -0.3 is 9.88 Å². The highest BCUT2D eigenvalue weighted by Crippen LogP contribution is 2.26. The second-order valence-electron chi connectivity index (χ2n) is 11.0. The standard InChI is InChI=1S/C31H33F4N3O4/c1-19(2)13-28(38-16-20(14-26(34)31(38)41)11-12-37-17-25(33)18-37)30(40)36-27(15-29(39)42-35)23-5-3-21(4-6-23)22-7-9-24(32)10-8-22/h3-10,14,16,19,25,27-28H,11-13,15,17-18H2,1-2H3,(H,36,40)/t27-,28?/m0/s1. The number of aromatic nitrogens is 1. The summed E-state index contributed by atoms with van der Waals surface area (Å²) in [6.07, 6.45) is 0.546. The summed E-state index contributed by atoms with van der Waals surface area (Å²) in [5, 5.41) is 2.72. The molecule has 0 aliphatic carbocycles. The molecule has 42 heavy (non-hydrogen) atoms. The minimum atomic E-state index is -1.21. The summed E-state index contributed by atoms with van der Waals surface area (Å²) in [6, 6.07) is 11.5. The Morgan fingerprint density at radius 3 is 2.21 bits per heavy atom. The van der Waals surface area contributed by atoms with Crippen LogP contribution in [0.25, 0.3) is 11.1 Å². The van der Waals surface area contributed by atoms with Gasteiger partial charge in [-0.1, -0.05) is 50.2 Å². The van der Waals surface area contributed by atoms with Crippen molar-refractivity contribution in [1.29, 1.82) is 0 Å². The van der Waals surface area contributed by atoms with Gasteiger partial charge in [0.1, 0.15) is 18.0 Å². The van der Waals surface area contributed by atoms with Crippen LogP contribution < -0.4 is 10.9 Å². The van der Waals surface area contributed by atoms with Crippen LogP contribution in [0.5, 0.6) is 0 Å². The molecule has 1 saturated heterocycles. The molecule has 0 spiro atoms. The Bertz CT molecular complexity index is 1440. The van der Waals surface area contributed by atoms with Crippen LogP contribution in [-0.4, -0.2) is 47.1 Å². The monoisotopic (exact) mass is 587 g/mol. The number of likely N-dealkylation sites (tertiary alicyclic amines) is 1. The Morgan fingerprint density at radius 2 is 1.64 bits per heavy atom. The van der Waals surface area contributed by atoms with Gasteiger partial charge in [0.15, 0.2) is 5.82 Å². The lowest BCUT2D eigenvalue weighted by Crippen LogP contribution is -2.49. The molecule has 4 rings (SSSR count). The molecule has 2 atom stereocenters. The lowest BCUT2D eigenvalue weighted by Gasteiger charge is -2.34. The predicted molar refractivity (Wildman–Crippen MR) is 149 cm³/mol. The Labute approximate surface area is 241 Å². The van der Waals surface area contributed by atoms with E-state index in [0.29, 0.717) is 37.2 Å².